The zero-order valence-corrected chi connectivity index (χ0v) is 14.3. The maximum absolute atomic E-state index is 12.1. The maximum Gasteiger partial charge on any atom is 0.262 e. The summed E-state index contributed by atoms with van der Waals surface area (Å²) in [6.45, 7) is 2.64. The first-order chi connectivity index (χ1) is 11.5. The van der Waals surface area contributed by atoms with Gasteiger partial charge >= 0.3 is 0 Å². The van der Waals surface area contributed by atoms with Gasteiger partial charge in [0.2, 0.25) is 0 Å². The van der Waals surface area contributed by atoms with Crippen molar-refractivity contribution in [1.29, 1.82) is 0 Å². The fraction of sp³-hybridized carbons (Fsp3) is 0.353. The molecule has 7 nitrogen and oxygen atoms in total. The average Bonchev–Trinajstić information content (AvgIpc) is 2.96. The third-order valence-electron chi connectivity index (χ3n) is 4.31. The number of H-pyrrole nitrogens is 1. The average molecular weight is 327 g/mol. The molecule has 0 aliphatic carbocycles. The van der Waals surface area contributed by atoms with Crippen molar-refractivity contribution < 1.29 is 4.74 Å². The van der Waals surface area contributed by atoms with Gasteiger partial charge in [0.25, 0.3) is 5.56 Å². The highest BCUT2D eigenvalue weighted by atomic mass is 16.5. The Morgan fingerprint density at radius 1 is 1.33 bits per heavy atom. The van der Waals surface area contributed by atoms with Crippen molar-refractivity contribution in [2.45, 2.75) is 19.5 Å². The largest absolute Gasteiger partial charge is 0.497 e. The maximum atomic E-state index is 12.1. The lowest BCUT2D eigenvalue weighted by atomic mass is 10.1. The van der Waals surface area contributed by atoms with Crippen molar-refractivity contribution in [3.8, 4) is 5.75 Å². The third kappa shape index (κ3) is 3.03. The normalized spacial score (nSPS) is 12.7. The lowest BCUT2D eigenvalue weighted by molar-refractivity contribution is 0.246. The molecule has 1 atom stereocenters. The van der Waals surface area contributed by atoms with Crippen LogP contribution in [0.2, 0.25) is 0 Å². The number of aromatic amines is 1. The summed E-state index contributed by atoms with van der Waals surface area (Å²) in [6.07, 6.45) is 1.54. The zero-order valence-electron chi connectivity index (χ0n) is 14.3. The summed E-state index contributed by atoms with van der Waals surface area (Å²) in [5, 5.41) is 4.59. The number of hydrogen-bond acceptors (Lipinski definition) is 5. The summed E-state index contributed by atoms with van der Waals surface area (Å²) in [5.74, 6) is 1.46. The molecule has 7 heteroatoms. The summed E-state index contributed by atoms with van der Waals surface area (Å²) in [4.78, 5) is 21.6. The van der Waals surface area contributed by atoms with Crippen LogP contribution in [-0.2, 0) is 13.6 Å². The van der Waals surface area contributed by atoms with Gasteiger partial charge in [0, 0.05) is 13.1 Å². The SMILES string of the molecule is COc1ccc(C(C)N(C)Cc2nc3c(cnn3C)c(=O)[nH]2)cc1. The number of hydrogen-bond donors (Lipinski definition) is 1. The highest BCUT2D eigenvalue weighted by Crippen LogP contribution is 2.22. The van der Waals surface area contributed by atoms with E-state index in [1.54, 1.807) is 18.8 Å². The minimum Gasteiger partial charge on any atom is -0.497 e. The third-order valence-corrected chi connectivity index (χ3v) is 4.31. The molecule has 0 aliphatic rings. The highest BCUT2D eigenvalue weighted by molar-refractivity contribution is 5.72. The van der Waals surface area contributed by atoms with Gasteiger partial charge < -0.3 is 9.72 Å². The first-order valence-corrected chi connectivity index (χ1v) is 7.74. The predicted octanol–water partition coefficient (Wildman–Crippen LogP) is 1.86. The van der Waals surface area contributed by atoms with Gasteiger partial charge in [0.1, 0.15) is 17.0 Å². The van der Waals surface area contributed by atoms with Gasteiger partial charge in [-0.15, -0.1) is 0 Å². The van der Waals surface area contributed by atoms with Gasteiger partial charge in [-0.1, -0.05) is 12.1 Å². The van der Waals surface area contributed by atoms with Crippen LogP contribution in [0.25, 0.3) is 11.0 Å². The highest BCUT2D eigenvalue weighted by Gasteiger charge is 2.15. The number of ether oxygens (including phenoxy) is 1. The molecular formula is C17H21N5O2. The Bertz CT molecular complexity index is 897. The molecule has 24 heavy (non-hydrogen) atoms. The van der Waals surface area contributed by atoms with Crippen LogP contribution >= 0.6 is 0 Å². The van der Waals surface area contributed by atoms with E-state index in [0.717, 1.165) is 5.75 Å². The predicted molar refractivity (Wildman–Crippen MR) is 92.0 cm³/mol. The molecule has 126 valence electrons. The number of benzene rings is 1. The van der Waals surface area contributed by atoms with Gasteiger partial charge in [0.05, 0.1) is 19.9 Å². The van der Waals surface area contributed by atoms with Crippen molar-refractivity contribution in [2.24, 2.45) is 7.05 Å². The fourth-order valence-corrected chi connectivity index (χ4v) is 2.66. The summed E-state index contributed by atoms with van der Waals surface area (Å²) >= 11 is 0. The van der Waals surface area contributed by atoms with E-state index in [4.69, 9.17) is 4.74 Å². The molecule has 1 N–H and O–H groups in total. The minimum atomic E-state index is -0.159. The van der Waals surface area contributed by atoms with Crippen LogP contribution in [0, 0.1) is 0 Å². The molecule has 0 bridgehead atoms. The molecule has 0 aliphatic heterocycles. The Balaban J connectivity index is 1.81. The molecule has 2 aromatic heterocycles. The van der Waals surface area contributed by atoms with Gasteiger partial charge in [-0.2, -0.15) is 5.10 Å². The first kappa shape index (κ1) is 16.2. The number of nitrogens with zero attached hydrogens (tertiary/aromatic N) is 4. The van der Waals surface area contributed by atoms with E-state index in [9.17, 15) is 4.79 Å². The second-order valence-corrected chi connectivity index (χ2v) is 5.88. The molecule has 1 aromatic carbocycles. The molecule has 3 aromatic rings. The lowest BCUT2D eigenvalue weighted by Gasteiger charge is -2.24. The van der Waals surface area contributed by atoms with E-state index in [-0.39, 0.29) is 11.6 Å². The van der Waals surface area contributed by atoms with Crippen LogP contribution in [0.5, 0.6) is 5.75 Å². The summed E-state index contributed by atoms with van der Waals surface area (Å²) < 4.78 is 6.80. The Kier molecular flexibility index (Phi) is 4.35. The van der Waals surface area contributed by atoms with Gasteiger partial charge in [-0.05, 0) is 31.7 Å². The van der Waals surface area contributed by atoms with Crippen molar-refractivity contribution in [3.05, 3.63) is 52.2 Å². The summed E-state index contributed by atoms with van der Waals surface area (Å²) in [7, 11) is 5.44. The number of aromatic nitrogens is 4. The lowest BCUT2D eigenvalue weighted by Crippen LogP contribution is -2.25. The Hall–Kier alpha value is -2.67. The van der Waals surface area contributed by atoms with Crippen molar-refractivity contribution in [1.82, 2.24) is 24.6 Å². The molecule has 3 rings (SSSR count). The molecule has 0 amide bonds. The second-order valence-electron chi connectivity index (χ2n) is 5.88. The van der Waals surface area contributed by atoms with Crippen LogP contribution in [0.15, 0.2) is 35.3 Å². The second kappa shape index (κ2) is 6.45. The first-order valence-electron chi connectivity index (χ1n) is 7.74. The molecule has 2 heterocycles. The van der Waals surface area contributed by atoms with Crippen molar-refractivity contribution >= 4 is 11.0 Å². The van der Waals surface area contributed by atoms with Crippen LogP contribution in [0.4, 0.5) is 0 Å². The Morgan fingerprint density at radius 3 is 2.71 bits per heavy atom. The molecule has 0 saturated carbocycles. The molecular weight excluding hydrogens is 306 g/mol. The van der Waals surface area contributed by atoms with Crippen molar-refractivity contribution in [3.63, 3.8) is 0 Å². The standard InChI is InChI=1S/C17H21N5O2/c1-11(12-5-7-13(24-4)8-6-12)21(2)10-15-19-16-14(17(23)20-15)9-18-22(16)3/h5-9,11H,10H2,1-4H3,(H,19,20,23). The van der Waals surface area contributed by atoms with Crippen LogP contribution in [0.1, 0.15) is 24.4 Å². The smallest absolute Gasteiger partial charge is 0.262 e. The number of rotatable bonds is 5. The number of methoxy groups -OCH3 is 1. The van der Waals surface area contributed by atoms with E-state index in [2.05, 4.69) is 26.9 Å². The molecule has 0 radical (unpaired) electrons. The monoisotopic (exact) mass is 327 g/mol. The van der Waals surface area contributed by atoms with Crippen molar-refractivity contribution in [2.75, 3.05) is 14.2 Å². The molecule has 1 unspecified atom stereocenters. The van der Waals surface area contributed by atoms with Crippen LogP contribution in [-0.4, -0.2) is 38.8 Å². The Morgan fingerprint density at radius 2 is 2.04 bits per heavy atom. The number of fused-ring (bicyclic) bond motifs is 1. The van der Waals surface area contributed by atoms with E-state index in [1.165, 1.54) is 11.8 Å². The fourth-order valence-electron chi connectivity index (χ4n) is 2.66. The van der Waals surface area contributed by atoms with Crippen LogP contribution in [0.3, 0.4) is 0 Å². The summed E-state index contributed by atoms with van der Waals surface area (Å²) in [5.41, 5.74) is 1.61. The zero-order chi connectivity index (χ0) is 17.3. The summed E-state index contributed by atoms with van der Waals surface area (Å²) in [6, 6.07) is 8.15. The Labute approximate surface area is 139 Å². The number of nitrogens with one attached hydrogen (secondary N) is 1. The minimum absolute atomic E-state index is 0.159. The van der Waals surface area contributed by atoms with Gasteiger partial charge in [0.15, 0.2) is 5.65 Å². The van der Waals surface area contributed by atoms with Gasteiger partial charge in [-0.3, -0.25) is 14.4 Å². The van der Waals surface area contributed by atoms with Crippen LogP contribution < -0.4 is 10.3 Å². The van der Waals surface area contributed by atoms with E-state index >= 15 is 0 Å². The van der Waals surface area contributed by atoms with E-state index in [1.807, 2.05) is 31.3 Å². The molecule has 0 spiro atoms. The van der Waals surface area contributed by atoms with E-state index in [0.29, 0.717) is 23.4 Å². The quantitative estimate of drug-likeness (QED) is 0.774. The number of aryl methyl sites for hydroxylation is 1. The topological polar surface area (TPSA) is 76.0 Å². The molecule has 0 fully saturated rings. The molecule has 0 saturated heterocycles. The van der Waals surface area contributed by atoms with Gasteiger partial charge in [-0.25, -0.2) is 4.98 Å². The van der Waals surface area contributed by atoms with E-state index < -0.39 is 0 Å².